The molecule has 0 radical (unpaired) electrons. The minimum atomic E-state index is 0.672. The van der Waals surface area contributed by atoms with E-state index in [1.807, 2.05) is 0 Å². The molecule has 0 aromatic heterocycles. The van der Waals surface area contributed by atoms with Gasteiger partial charge in [-0.15, -0.1) is 0 Å². The number of hydrogen-bond acceptors (Lipinski definition) is 3. The van der Waals surface area contributed by atoms with Gasteiger partial charge in [0.05, 0.1) is 13.2 Å². The molecular formula is C16H35N3O2. The van der Waals surface area contributed by atoms with Crippen molar-refractivity contribution in [3.63, 3.8) is 0 Å². The van der Waals surface area contributed by atoms with Crippen LogP contribution in [-0.4, -0.2) is 52.5 Å². The average Bonchev–Trinajstić information content (AvgIpc) is 2.46. The van der Waals surface area contributed by atoms with Crippen LogP contribution < -0.4 is 10.6 Å². The second-order valence-electron chi connectivity index (χ2n) is 5.54. The van der Waals surface area contributed by atoms with E-state index >= 15 is 0 Å². The maximum Gasteiger partial charge on any atom is 0.191 e. The molecule has 0 fully saturated rings. The van der Waals surface area contributed by atoms with Gasteiger partial charge in [0.2, 0.25) is 0 Å². The molecule has 0 unspecified atom stereocenters. The molecule has 0 atom stereocenters. The molecule has 2 N–H and O–H groups in total. The maximum absolute atomic E-state index is 5.43. The van der Waals surface area contributed by atoms with Crippen LogP contribution in [0.3, 0.4) is 0 Å². The summed E-state index contributed by atoms with van der Waals surface area (Å²) in [7, 11) is 1.69. The zero-order valence-electron chi connectivity index (χ0n) is 14.4. The van der Waals surface area contributed by atoms with Crippen molar-refractivity contribution in [2.75, 3.05) is 46.6 Å². The standard InChI is InChI=1S/C16H35N3O2/c1-5-17-16(19-11-8-9-15(2)3)18-10-6-7-12-21-14-13-20-4/h15H,5-14H2,1-4H3,(H2,17,18,19). The summed E-state index contributed by atoms with van der Waals surface area (Å²) < 4.78 is 10.4. The van der Waals surface area contributed by atoms with Crippen LogP contribution in [0.1, 0.15) is 46.5 Å². The summed E-state index contributed by atoms with van der Waals surface area (Å²) in [6.07, 6.45) is 4.54. The van der Waals surface area contributed by atoms with Gasteiger partial charge in [-0.05, 0) is 38.5 Å². The molecule has 126 valence electrons. The van der Waals surface area contributed by atoms with E-state index in [0.29, 0.717) is 13.2 Å². The van der Waals surface area contributed by atoms with Crippen LogP contribution in [0.25, 0.3) is 0 Å². The lowest BCUT2D eigenvalue weighted by atomic mass is 10.1. The highest BCUT2D eigenvalue weighted by molar-refractivity contribution is 5.79. The molecule has 5 nitrogen and oxygen atoms in total. The van der Waals surface area contributed by atoms with E-state index in [1.165, 1.54) is 6.42 Å². The summed E-state index contributed by atoms with van der Waals surface area (Å²) in [5, 5.41) is 6.65. The van der Waals surface area contributed by atoms with Gasteiger partial charge in [0.25, 0.3) is 0 Å². The molecule has 0 rings (SSSR count). The number of guanidine groups is 1. The quantitative estimate of drug-likeness (QED) is 0.312. The van der Waals surface area contributed by atoms with Crippen LogP contribution in [0.5, 0.6) is 0 Å². The van der Waals surface area contributed by atoms with Crippen LogP contribution in [-0.2, 0) is 9.47 Å². The number of hydrogen-bond donors (Lipinski definition) is 2. The van der Waals surface area contributed by atoms with Gasteiger partial charge in [0.1, 0.15) is 0 Å². The lowest BCUT2D eigenvalue weighted by molar-refractivity contribution is 0.0689. The van der Waals surface area contributed by atoms with Gasteiger partial charge in [-0.3, -0.25) is 4.99 Å². The molecule has 0 heterocycles. The molecule has 0 aliphatic carbocycles. The summed E-state index contributed by atoms with van der Waals surface area (Å²) in [5.74, 6) is 1.69. The molecule has 0 aromatic carbocycles. The Morgan fingerprint density at radius 3 is 2.52 bits per heavy atom. The van der Waals surface area contributed by atoms with Crippen molar-refractivity contribution in [2.45, 2.75) is 46.5 Å². The van der Waals surface area contributed by atoms with Gasteiger partial charge in [0, 0.05) is 33.4 Å². The zero-order valence-corrected chi connectivity index (χ0v) is 14.4. The van der Waals surface area contributed by atoms with Crippen molar-refractivity contribution in [3.8, 4) is 0 Å². The SMILES string of the molecule is CCNC(=NCCCC(C)C)NCCCCOCCOC. The van der Waals surface area contributed by atoms with E-state index in [1.54, 1.807) is 7.11 Å². The van der Waals surface area contributed by atoms with Gasteiger partial charge in [0.15, 0.2) is 5.96 Å². The van der Waals surface area contributed by atoms with Crippen LogP contribution in [0, 0.1) is 5.92 Å². The molecule has 0 saturated heterocycles. The Labute approximate surface area is 130 Å². The van der Waals surface area contributed by atoms with E-state index < -0.39 is 0 Å². The Kier molecular flexibility index (Phi) is 15.0. The van der Waals surface area contributed by atoms with Crippen molar-refractivity contribution >= 4 is 5.96 Å². The Morgan fingerprint density at radius 2 is 1.86 bits per heavy atom. The number of unbranched alkanes of at least 4 members (excludes halogenated alkanes) is 1. The van der Waals surface area contributed by atoms with Gasteiger partial charge < -0.3 is 20.1 Å². The minimum absolute atomic E-state index is 0.672. The fourth-order valence-corrected chi connectivity index (χ4v) is 1.81. The fourth-order valence-electron chi connectivity index (χ4n) is 1.81. The fraction of sp³-hybridized carbons (Fsp3) is 0.938. The summed E-state index contributed by atoms with van der Waals surface area (Å²) in [4.78, 5) is 4.59. The van der Waals surface area contributed by atoms with Gasteiger partial charge in [-0.25, -0.2) is 0 Å². The summed E-state index contributed by atoms with van der Waals surface area (Å²) in [6, 6.07) is 0. The first kappa shape index (κ1) is 20.2. The number of nitrogens with zero attached hydrogens (tertiary/aromatic N) is 1. The van der Waals surface area contributed by atoms with Crippen LogP contribution in [0.15, 0.2) is 4.99 Å². The van der Waals surface area contributed by atoms with Gasteiger partial charge in [-0.1, -0.05) is 13.8 Å². The molecule has 0 aromatic rings. The highest BCUT2D eigenvalue weighted by Gasteiger charge is 1.98. The lowest BCUT2D eigenvalue weighted by Crippen LogP contribution is -2.38. The Morgan fingerprint density at radius 1 is 1.05 bits per heavy atom. The smallest absolute Gasteiger partial charge is 0.191 e. The first-order chi connectivity index (χ1) is 10.2. The predicted octanol–water partition coefficient (Wildman–Crippen LogP) is 2.42. The van der Waals surface area contributed by atoms with Crippen molar-refractivity contribution in [1.82, 2.24) is 10.6 Å². The molecule has 0 aliphatic rings. The number of aliphatic imine (C=N–C) groups is 1. The van der Waals surface area contributed by atoms with Crippen molar-refractivity contribution in [1.29, 1.82) is 0 Å². The Balaban J connectivity index is 3.61. The highest BCUT2D eigenvalue weighted by atomic mass is 16.5. The Bertz CT molecular complexity index is 246. The molecule has 0 spiro atoms. The van der Waals surface area contributed by atoms with E-state index in [-0.39, 0.29) is 0 Å². The third-order valence-corrected chi connectivity index (χ3v) is 2.99. The van der Waals surface area contributed by atoms with Crippen molar-refractivity contribution in [3.05, 3.63) is 0 Å². The first-order valence-electron chi connectivity index (χ1n) is 8.29. The molecule has 0 bridgehead atoms. The van der Waals surface area contributed by atoms with Gasteiger partial charge in [-0.2, -0.15) is 0 Å². The molecule has 5 heteroatoms. The van der Waals surface area contributed by atoms with Crippen molar-refractivity contribution in [2.24, 2.45) is 10.9 Å². The second kappa shape index (κ2) is 15.6. The summed E-state index contributed by atoms with van der Waals surface area (Å²) in [5.41, 5.74) is 0. The van der Waals surface area contributed by atoms with Crippen LogP contribution in [0.4, 0.5) is 0 Å². The average molecular weight is 301 g/mol. The second-order valence-corrected chi connectivity index (χ2v) is 5.54. The third kappa shape index (κ3) is 15.4. The van der Waals surface area contributed by atoms with E-state index in [4.69, 9.17) is 9.47 Å². The van der Waals surface area contributed by atoms with E-state index in [9.17, 15) is 0 Å². The topological polar surface area (TPSA) is 54.9 Å². The molecule has 0 saturated carbocycles. The molecule has 0 aliphatic heterocycles. The normalized spacial score (nSPS) is 12.0. The number of nitrogens with one attached hydrogen (secondary N) is 2. The van der Waals surface area contributed by atoms with E-state index in [0.717, 1.165) is 57.4 Å². The lowest BCUT2D eigenvalue weighted by Gasteiger charge is -2.11. The number of ether oxygens (including phenoxy) is 2. The molecule has 21 heavy (non-hydrogen) atoms. The van der Waals surface area contributed by atoms with Crippen LogP contribution in [0.2, 0.25) is 0 Å². The maximum atomic E-state index is 5.43. The summed E-state index contributed by atoms with van der Waals surface area (Å²) in [6.45, 7) is 11.5. The predicted molar refractivity (Wildman–Crippen MR) is 90.0 cm³/mol. The third-order valence-electron chi connectivity index (χ3n) is 2.99. The van der Waals surface area contributed by atoms with Crippen LogP contribution >= 0.6 is 0 Å². The molecule has 0 amide bonds. The van der Waals surface area contributed by atoms with E-state index in [2.05, 4.69) is 36.4 Å². The molecular weight excluding hydrogens is 266 g/mol. The first-order valence-corrected chi connectivity index (χ1v) is 8.29. The van der Waals surface area contributed by atoms with Crippen molar-refractivity contribution < 1.29 is 9.47 Å². The Hall–Kier alpha value is -0.810. The highest BCUT2D eigenvalue weighted by Crippen LogP contribution is 2.02. The number of rotatable bonds is 13. The largest absolute Gasteiger partial charge is 0.382 e. The zero-order chi connectivity index (χ0) is 15.8. The number of methoxy groups -OCH3 is 1. The minimum Gasteiger partial charge on any atom is -0.382 e. The monoisotopic (exact) mass is 301 g/mol. The summed E-state index contributed by atoms with van der Waals surface area (Å²) >= 11 is 0. The van der Waals surface area contributed by atoms with Gasteiger partial charge >= 0.3 is 0 Å².